The Hall–Kier alpha value is -2.71. The zero-order chi connectivity index (χ0) is 21.5. The molecule has 162 valence electrons. The van der Waals surface area contributed by atoms with Gasteiger partial charge in [-0.25, -0.2) is 0 Å². The van der Waals surface area contributed by atoms with E-state index in [9.17, 15) is 9.59 Å². The molecule has 3 heterocycles. The predicted molar refractivity (Wildman–Crippen MR) is 113 cm³/mol. The van der Waals surface area contributed by atoms with Crippen LogP contribution in [0.5, 0.6) is 0 Å². The summed E-state index contributed by atoms with van der Waals surface area (Å²) in [4.78, 5) is 31.0. The first-order valence-electron chi connectivity index (χ1n) is 10.3. The Morgan fingerprint density at radius 2 is 2.00 bits per heavy atom. The molecule has 0 atom stereocenters. The van der Waals surface area contributed by atoms with Gasteiger partial charge in [0.05, 0.1) is 38.0 Å². The Balaban J connectivity index is 1.94. The molecule has 0 unspecified atom stereocenters. The molecule has 8 heteroatoms. The summed E-state index contributed by atoms with van der Waals surface area (Å²) in [5.74, 6) is -0.777. The average molecular weight is 415 g/mol. The second kappa shape index (κ2) is 10.4. The van der Waals surface area contributed by atoms with Gasteiger partial charge in [0, 0.05) is 49.3 Å². The summed E-state index contributed by atoms with van der Waals surface area (Å²) in [6.07, 6.45) is 3.28. The Morgan fingerprint density at radius 1 is 1.23 bits per heavy atom. The van der Waals surface area contributed by atoms with E-state index < -0.39 is 5.91 Å². The van der Waals surface area contributed by atoms with Crippen molar-refractivity contribution < 1.29 is 19.1 Å². The summed E-state index contributed by atoms with van der Waals surface area (Å²) in [5, 5.41) is 0. The zero-order valence-corrected chi connectivity index (χ0v) is 17.7. The van der Waals surface area contributed by atoms with Crippen LogP contribution in [-0.2, 0) is 27.2 Å². The van der Waals surface area contributed by atoms with Crippen LogP contribution >= 0.6 is 0 Å². The number of nitrogens with two attached hydrogens (primary N) is 1. The van der Waals surface area contributed by atoms with Crippen LogP contribution in [0.25, 0.3) is 11.3 Å². The lowest BCUT2D eigenvalue weighted by Crippen LogP contribution is -2.37. The van der Waals surface area contributed by atoms with Crippen LogP contribution < -0.4 is 5.73 Å². The second-order valence-corrected chi connectivity index (χ2v) is 7.40. The molecule has 1 saturated heterocycles. The van der Waals surface area contributed by atoms with Gasteiger partial charge in [-0.1, -0.05) is 6.07 Å². The van der Waals surface area contributed by atoms with E-state index in [1.54, 1.807) is 6.20 Å². The first-order valence-corrected chi connectivity index (χ1v) is 10.3. The molecule has 1 fully saturated rings. The lowest BCUT2D eigenvalue weighted by molar-refractivity contribution is -0.140. The van der Waals surface area contributed by atoms with Crippen LogP contribution in [0.3, 0.4) is 0 Å². The fourth-order valence-electron chi connectivity index (χ4n) is 4.05. The Bertz CT molecular complexity index is 873. The van der Waals surface area contributed by atoms with Crippen molar-refractivity contribution in [1.29, 1.82) is 0 Å². The number of hydrogen-bond acceptors (Lipinski definition) is 6. The molecule has 0 aliphatic carbocycles. The van der Waals surface area contributed by atoms with Crippen molar-refractivity contribution in [2.24, 2.45) is 5.73 Å². The van der Waals surface area contributed by atoms with Crippen LogP contribution in [0.4, 0.5) is 0 Å². The highest BCUT2D eigenvalue weighted by Gasteiger charge is 2.26. The molecule has 8 nitrogen and oxygen atoms in total. The molecule has 30 heavy (non-hydrogen) atoms. The van der Waals surface area contributed by atoms with Crippen molar-refractivity contribution in [3.63, 3.8) is 0 Å². The van der Waals surface area contributed by atoms with Gasteiger partial charge in [-0.15, -0.1) is 0 Å². The van der Waals surface area contributed by atoms with Gasteiger partial charge in [-0.05, 0) is 31.9 Å². The van der Waals surface area contributed by atoms with Crippen molar-refractivity contribution in [1.82, 2.24) is 14.5 Å². The lowest BCUT2D eigenvalue weighted by Gasteiger charge is -2.26. The van der Waals surface area contributed by atoms with Crippen LogP contribution in [-0.4, -0.2) is 66.3 Å². The normalized spacial score (nSPS) is 14.6. The number of rotatable bonds is 9. The van der Waals surface area contributed by atoms with Crippen molar-refractivity contribution in [2.45, 2.75) is 32.7 Å². The number of amides is 1. The molecule has 2 aromatic rings. The first-order chi connectivity index (χ1) is 14.5. The maximum Gasteiger partial charge on any atom is 0.305 e. The number of esters is 1. The van der Waals surface area contributed by atoms with E-state index in [4.69, 9.17) is 15.2 Å². The largest absolute Gasteiger partial charge is 0.469 e. The SMILES string of the molecule is COC(=O)CCc1c(-c2ccccn2)c(C(N)=O)c(C)n1CCCN1CCOCC1. The van der Waals surface area contributed by atoms with Gasteiger partial charge < -0.3 is 19.8 Å². The lowest BCUT2D eigenvalue weighted by atomic mass is 10.0. The number of primary amides is 1. The van der Waals surface area contributed by atoms with E-state index in [2.05, 4.69) is 14.5 Å². The number of carbonyl (C=O) groups excluding carboxylic acids is 2. The quantitative estimate of drug-likeness (QED) is 0.628. The molecular weight excluding hydrogens is 384 g/mol. The fourth-order valence-corrected chi connectivity index (χ4v) is 4.05. The average Bonchev–Trinajstić information content (AvgIpc) is 3.05. The maximum absolute atomic E-state index is 12.4. The molecule has 0 saturated carbocycles. The summed E-state index contributed by atoms with van der Waals surface area (Å²) in [5.41, 5.74) is 9.35. The molecule has 2 aromatic heterocycles. The van der Waals surface area contributed by atoms with Gasteiger partial charge in [0.1, 0.15) is 0 Å². The first kappa shape index (κ1) is 22.0. The number of methoxy groups -OCH3 is 1. The molecule has 1 amide bonds. The molecule has 0 bridgehead atoms. The number of morpholine rings is 1. The second-order valence-electron chi connectivity index (χ2n) is 7.40. The van der Waals surface area contributed by atoms with Crippen LogP contribution in [0, 0.1) is 6.92 Å². The number of aromatic nitrogens is 2. The van der Waals surface area contributed by atoms with Gasteiger partial charge in [0.2, 0.25) is 0 Å². The number of carbonyl (C=O) groups is 2. The van der Waals surface area contributed by atoms with Crippen LogP contribution in [0.15, 0.2) is 24.4 Å². The van der Waals surface area contributed by atoms with Crippen molar-refractivity contribution in [3.05, 3.63) is 41.3 Å². The number of hydrogen-bond donors (Lipinski definition) is 1. The monoisotopic (exact) mass is 414 g/mol. The topological polar surface area (TPSA) is 99.7 Å². The van der Waals surface area contributed by atoms with E-state index in [1.165, 1.54) is 7.11 Å². The molecular formula is C22H30N4O4. The highest BCUT2D eigenvalue weighted by Crippen LogP contribution is 2.32. The summed E-state index contributed by atoms with van der Waals surface area (Å²) in [7, 11) is 1.38. The summed E-state index contributed by atoms with van der Waals surface area (Å²) in [6.45, 7) is 6.99. The van der Waals surface area contributed by atoms with Crippen molar-refractivity contribution >= 4 is 11.9 Å². The Labute approximate surface area is 177 Å². The van der Waals surface area contributed by atoms with Gasteiger partial charge in [0.15, 0.2) is 0 Å². The highest BCUT2D eigenvalue weighted by atomic mass is 16.5. The number of pyridine rings is 1. The van der Waals surface area contributed by atoms with E-state index in [1.807, 2.05) is 25.1 Å². The minimum Gasteiger partial charge on any atom is -0.469 e. The van der Waals surface area contributed by atoms with Gasteiger partial charge >= 0.3 is 5.97 Å². The third-order valence-corrected chi connectivity index (χ3v) is 5.55. The molecule has 3 rings (SSSR count). The predicted octanol–water partition coefficient (Wildman–Crippen LogP) is 1.79. The van der Waals surface area contributed by atoms with E-state index >= 15 is 0 Å². The van der Waals surface area contributed by atoms with E-state index in [-0.39, 0.29) is 12.4 Å². The highest BCUT2D eigenvalue weighted by molar-refractivity contribution is 6.01. The summed E-state index contributed by atoms with van der Waals surface area (Å²) in [6, 6.07) is 5.57. The maximum atomic E-state index is 12.4. The minimum absolute atomic E-state index is 0.224. The van der Waals surface area contributed by atoms with Crippen molar-refractivity contribution in [3.8, 4) is 11.3 Å². The standard InChI is InChI=1S/C22H30N4O4/c1-16-20(22(23)28)21(17-6-3-4-9-24-17)18(7-8-19(27)29-2)26(16)11-5-10-25-12-14-30-15-13-25/h3-4,6,9H,5,7-8,10-15H2,1-2H3,(H2,23,28). The Kier molecular flexibility index (Phi) is 7.59. The number of ether oxygens (including phenoxy) is 2. The minimum atomic E-state index is -0.487. The van der Waals surface area contributed by atoms with Crippen LogP contribution in [0.2, 0.25) is 0 Å². The fraction of sp³-hybridized carbons (Fsp3) is 0.500. The Morgan fingerprint density at radius 3 is 2.63 bits per heavy atom. The third-order valence-electron chi connectivity index (χ3n) is 5.55. The third kappa shape index (κ3) is 5.06. The van der Waals surface area contributed by atoms with Gasteiger partial charge in [-0.2, -0.15) is 0 Å². The number of nitrogens with zero attached hydrogens (tertiary/aromatic N) is 3. The molecule has 1 aliphatic heterocycles. The molecule has 0 aromatic carbocycles. The molecule has 1 aliphatic rings. The van der Waals surface area contributed by atoms with E-state index in [0.29, 0.717) is 17.7 Å². The van der Waals surface area contributed by atoms with Crippen molar-refractivity contribution in [2.75, 3.05) is 40.0 Å². The summed E-state index contributed by atoms with van der Waals surface area (Å²) < 4.78 is 12.4. The van der Waals surface area contributed by atoms with Gasteiger partial charge in [0.25, 0.3) is 5.91 Å². The zero-order valence-electron chi connectivity index (χ0n) is 17.7. The van der Waals surface area contributed by atoms with E-state index in [0.717, 1.165) is 62.8 Å². The molecule has 2 N–H and O–H groups in total. The summed E-state index contributed by atoms with van der Waals surface area (Å²) >= 11 is 0. The van der Waals surface area contributed by atoms with Gasteiger partial charge in [-0.3, -0.25) is 19.5 Å². The van der Waals surface area contributed by atoms with Crippen LogP contribution in [0.1, 0.15) is 34.6 Å². The molecule has 0 radical (unpaired) electrons. The molecule has 0 spiro atoms. The smallest absolute Gasteiger partial charge is 0.305 e.